The summed E-state index contributed by atoms with van der Waals surface area (Å²) in [5.41, 5.74) is 0.878. The fourth-order valence-electron chi connectivity index (χ4n) is 2.18. The number of urea groups is 1. The number of nitrogens with one attached hydrogen (secondary N) is 1. The SMILES string of the molecule is CC(C)n1ccnc1CNC(=O)N(C)Cc1ccc(F)cc1. The predicted molar refractivity (Wildman–Crippen MR) is 82.7 cm³/mol. The van der Waals surface area contributed by atoms with E-state index in [2.05, 4.69) is 24.1 Å². The molecule has 22 heavy (non-hydrogen) atoms. The second kappa shape index (κ2) is 7.06. The molecule has 0 spiro atoms. The van der Waals surface area contributed by atoms with Crippen molar-refractivity contribution in [1.82, 2.24) is 19.8 Å². The first-order valence-electron chi connectivity index (χ1n) is 7.22. The van der Waals surface area contributed by atoms with E-state index in [4.69, 9.17) is 0 Å². The Kier molecular flexibility index (Phi) is 5.14. The third kappa shape index (κ3) is 4.07. The summed E-state index contributed by atoms with van der Waals surface area (Å²) in [7, 11) is 1.70. The number of benzene rings is 1. The largest absolute Gasteiger partial charge is 0.331 e. The Bertz CT molecular complexity index is 621. The van der Waals surface area contributed by atoms with Gasteiger partial charge in [-0.2, -0.15) is 0 Å². The molecule has 0 fully saturated rings. The second-order valence-corrected chi connectivity index (χ2v) is 5.49. The molecule has 0 aliphatic rings. The lowest BCUT2D eigenvalue weighted by atomic mass is 10.2. The first kappa shape index (κ1) is 16.0. The Morgan fingerprint density at radius 1 is 1.36 bits per heavy atom. The highest BCUT2D eigenvalue weighted by molar-refractivity contribution is 5.73. The normalized spacial score (nSPS) is 10.8. The number of nitrogens with zero attached hydrogens (tertiary/aromatic N) is 3. The minimum absolute atomic E-state index is 0.192. The van der Waals surface area contributed by atoms with Crippen LogP contribution in [0.2, 0.25) is 0 Å². The van der Waals surface area contributed by atoms with Crippen LogP contribution in [0.25, 0.3) is 0 Å². The molecule has 1 N–H and O–H groups in total. The van der Waals surface area contributed by atoms with Crippen molar-refractivity contribution in [2.75, 3.05) is 7.05 Å². The van der Waals surface area contributed by atoms with Crippen molar-refractivity contribution in [1.29, 1.82) is 0 Å². The number of carbonyl (C=O) groups is 1. The maximum atomic E-state index is 12.9. The molecule has 0 bridgehead atoms. The van der Waals surface area contributed by atoms with Crippen LogP contribution in [0.4, 0.5) is 9.18 Å². The van der Waals surface area contributed by atoms with Crippen LogP contribution in [-0.2, 0) is 13.1 Å². The molecule has 2 amide bonds. The van der Waals surface area contributed by atoms with Crippen LogP contribution in [0.3, 0.4) is 0 Å². The molecule has 1 heterocycles. The minimum atomic E-state index is -0.281. The molecule has 2 rings (SSSR count). The van der Waals surface area contributed by atoms with Crippen LogP contribution < -0.4 is 5.32 Å². The van der Waals surface area contributed by atoms with Gasteiger partial charge in [0.1, 0.15) is 11.6 Å². The standard InChI is InChI=1S/C16H21FN4O/c1-12(2)21-9-8-18-15(21)10-19-16(22)20(3)11-13-4-6-14(17)7-5-13/h4-9,12H,10-11H2,1-3H3,(H,19,22). The Hall–Kier alpha value is -2.37. The lowest BCUT2D eigenvalue weighted by Gasteiger charge is -2.18. The van der Waals surface area contributed by atoms with E-state index in [1.807, 2.05) is 10.8 Å². The van der Waals surface area contributed by atoms with Gasteiger partial charge in [0.15, 0.2) is 0 Å². The number of hydrogen-bond acceptors (Lipinski definition) is 2. The predicted octanol–water partition coefficient (Wildman–Crippen LogP) is 2.94. The number of carbonyl (C=O) groups excluding carboxylic acids is 1. The van der Waals surface area contributed by atoms with Crippen LogP contribution in [0, 0.1) is 5.82 Å². The lowest BCUT2D eigenvalue weighted by molar-refractivity contribution is 0.206. The molecular formula is C16H21FN4O. The van der Waals surface area contributed by atoms with Gasteiger partial charge in [-0.05, 0) is 31.5 Å². The van der Waals surface area contributed by atoms with Crippen molar-refractivity contribution in [3.05, 3.63) is 53.9 Å². The van der Waals surface area contributed by atoms with Crippen LogP contribution in [0.5, 0.6) is 0 Å². The Morgan fingerprint density at radius 3 is 2.68 bits per heavy atom. The molecule has 0 unspecified atom stereocenters. The number of amides is 2. The summed E-state index contributed by atoms with van der Waals surface area (Å²) >= 11 is 0. The molecule has 0 atom stereocenters. The number of hydrogen-bond donors (Lipinski definition) is 1. The fourth-order valence-corrected chi connectivity index (χ4v) is 2.18. The maximum absolute atomic E-state index is 12.9. The highest BCUT2D eigenvalue weighted by Gasteiger charge is 2.11. The van der Waals surface area contributed by atoms with Crippen LogP contribution in [-0.4, -0.2) is 27.5 Å². The van der Waals surface area contributed by atoms with Crippen molar-refractivity contribution >= 4 is 6.03 Å². The van der Waals surface area contributed by atoms with E-state index in [-0.39, 0.29) is 11.8 Å². The quantitative estimate of drug-likeness (QED) is 0.923. The molecule has 1 aromatic heterocycles. The maximum Gasteiger partial charge on any atom is 0.317 e. The molecule has 0 saturated carbocycles. The van der Waals surface area contributed by atoms with E-state index in [9.17, 15) is 9.18 Å². The van der Waals surface area contributed by atoms with Crippen LogP contribution in [0.15, 0.2) is 36.7 Å². The second-order valence-electron chi connectivity index (χ2n) is 5.49. The molecule has 118 valence electrons. The van der Waals surface area contributed by atoms with Gasteiger partial charge < -0.3 is 14.8 Å². The molecule has 6 heteroatoms. The highest BCUT2D eigenvalue weighted by atomic mass is 19.1. The Labute approximate surface area is 129 Å². The third-order valence-corrected chi connectivity index (χ3v) is 3.38. The van der Waals surface area contributed by atoms with Crippen molar-refractivity contribution in [3.8, 4) is 0 Å². The van der Waals surface area contributed by atoms with Gasteiger partial charge in [0, 0.05) is 32.0 Å². The van der Waals surface area contributed by atoms with Gasteiger partial charge in [-0.25, -0.2) is 14.2 Å². The highest BCUT2D eigenvalue weighted by Crippen LogP contribution is 2.08. The summed E-state index contributed by atoms with van der Waals surface area (Å²) in [5, 5.41) is 2.84. The smallest absolute Gasteiger partial charge is 0.317 e. The molecule has 5 nitrogen and oxygen atoms in total. The number of imidazole rings is 1. The van der Waals surface area contributed by atoms with Crippen molar-refractivity contribution in [2.24, 2.45) is 0 Å². The van der Waals surface area contributed by atoms with Crippen molar-refractivity contribution < 1.29 is 9.18 Å². The summed E-state index contributed by atoms with van der Waals surface area (Å²) in [6.45, 7) is 4.92. The lowest BCUT2D eigenvalue weighted by Crippen LogP contribution is -2.37. The van der Waals surface area contributed by atoms with Gasteiger partial charge in [0.05, 0.1) is 6.54 Å². The van der Waals surface area contributed by atoms with Gasteiger partial charge >= 0.3 is 6.03 Å². The van der Waals surface area contributed by atoms with Crippen molar-refractivity contribution in [3.63, 3.8) is 0 Å². The zero-order valence-electron chi connectivity index (χ0n) is 13.1. The fraction of sp³-hybridized carbons (Fsp3) is 0.375. The van der Waals surface area contributed by atoms with E-state index in [1.165, 1.54) is 12.1 Å². The molecule has 0 radical (unpaired) electrons. The average Bonchev–Trinajstić information content (AvgIpc) is 2.95. The van der Waals surface area contributed by atoms with E-state index in [0.29, 0.717) is 19.1 Å². The number of rotatable bonds is 5. The van der Waals surface area contributed by atoms with E-state index >= 15 is 0 Å². The first-order valence-corrected chi connectivity index (χ1v) is 7.22. The zero-order valence-corrected chi connectivity index (χ0v) is 13.1. The minimum Gasteiger partial charge on any atom is -0.331 e. The first-order chi connectivity index (χ1) is 10.5. The summed E-state index contributed by atoms with van der Waals surface area (Å²) in [5.74, 6) is 0.537. The van der Waals surface area contributed by atoms with Gasteiger partial charge in [-0.1, -0.05) is 12.1 Å². The zero-order chi connectivity index (χ0) is 16.1. The number of aromatic nitrogens is 2. The Morgan fingerprint density at radius 2 is 2.05 bits per heavy atom. The summed E-state index contributed by atoms with van der Waals surface area (Å²) < 4.78 is 14.9. The monoisotopic (exact) mass is 304 g/mol. The summed E-state index contributed by atoms with van der Waals surface area (Å²) in [6, 6.07) is 6.23. The number of halogens is 1. The molecule has 2 aromatic rings. The van der Waals surface area contributed by atoms with Crippen molar-refractivity contribution in [2.45, 2.75) is 33.0 Å². The average molecular weight is 304 g/mol. The Balaban J connectivity index is 1.88. The topological polar surface area (TPSA) is 50.2 Å². The molecule has 0 aliphatic heterocycles. The van der Waals surface area contributed by atoms with Crippen LogP contribution in [0.1, 0.15) is 31.3 Å². The van der Waals surface area contributed by atoms with E-state index < -0.39 is 0 Å². The molecule has 0 saturated heterocycles. The molecule has 0 aliphatic carbocycles. The third-order valence-electron chi connectivity index (χ3n) is 3.38. The molecular weight excluding hydrogens is 283 g/mol. The van der Waals surface area contributed by atoms with Gasteiger partial charge in [-0.15, -0.1) is 0 Å². The summed E-state index contributed by atoms with van der Waals surface area (Å²) in [6.07, 6.45) is 3.62. The molecule has 1 aromatic carbocycles. The van der Waals surface area contributed by atoms with E-state index in [1.54, 1.807) is 30.3 Å². The van der Waals surface area contributed by atoms with Gasteiger partial charge in [0.25, 0.3) is 0 Å². The summed E-state index contributed by atoms with van der Waals surface area (Å²) in [4.78, 5) is 17.9. The van der Waals surface area contributed by atoms with Gasteiger partial charge in [0.2, 0.25) is 0 Å². The van der Waals surface area contributed by atoms with E-state index in [0.717, 1.165) is 11.4 Å². The van der Waals surface area contributed by atoms with Gasteiger partial charge in [-0.3, -0.25) is 0 Å². The van der Waals surface area contributed by atoms with Crippen LogP contribution >= 0.6 is 0 Å².